The molecule has 5 heteroatoms. The first-order chi connectivity index (χ1) is 7.30. The summed E-state index contributed by atoms with van der Waals surface area (Å²) in [5, 5.41) is 0. The minimum absolute atomic E-state index is 0.682. The van der Waals surface area contributed by atoms with Gasteiger partial charge in [-0.3, -0.25) is 4.79 Å². The van der Waals surface area contributed by atoms with Crippen molar-refractivity contribution in [3.8, 4) is 0 Å². The number of fused-ring (bicyclic) bond motifs is 1. The van der Waals surface area contributed by atoms with Crippen molar-refractivity contribution in [3.05, 3.63) is 17.3 Å². The van der Waals surface area contributed by atoms with Crippen molar-refractivity contribution in [2.75, 3.05) is 6.26 Å². The van der Waals surface area contributed by atoms with Crippen LogP contribution in [0.5, 0.6) is 0 Å². The Morgan fingerprint density at radius 1 is 1.60 bits per heavy atom. The molecule has 0 amide bonds. The van der Waals surface area contributed by atoms with Crippen LogP contribution >= 0.6 is 23.1 Å². The molecule has 2 rings (SSSR count). The van der Waals surface area contributed by atoms with Crippen LogP contribution in [-0.4, -0.2) is 22.5 Å². The van der Waals surface area contributed by atoms with Gasteiger partial charge in [-0.15, -0.1) is 11.3 Å². The number of nitrogens with zero attached hydrogens (tertiary/aromatic N) is 2. The van der Waals surface area contributed by atoms with Gasteiger partial charge in [0.1, 0.15) is 0 Å². The highest BCUT2D eigenvalue weighted by Gasteiger charge is 2.11. The molecule has 2 heterocycles. The molecule has 0 aliphatic rings. The number of aldehydes is 1. The number of carbonyl (C=O) groups is 1. The normalized spacial score (nSPS) is 10.8. The number of pyridine rings is 1. The fraction of sp³-hybridized carbons (Fsp3) is 0.300. The first-order valence-corrected chi connectivity index (χ1v) is 6.61. The molecule has 0 aliphatic carbocycles. The van der Waals surface area contributed by atoms with Gasteiger partial charge < -0.3 is 0 Å². The standard InChI is InChI=1S/C10H10N2OS2/c1-3-7-6(5-13)4-11-9-8(7)15-10(12-9)14-2/h4-5H,3H2,1-2H3. The Morgan fingerprint density at radius 3 is 3.00 bits per heavy atom. The number of hydrogen-bond acceptors (Lipinski definition) is 5. The molecule has 3 nitrogen and oxygen atoms in total. The Kier molecular flexibility index (Phi) is 3.02. The number of rotatable bonds is 3. The van der Waals surface area contributed by atoms with Crippen LogP contribution in [0.15, 0.2) is 10.5 Å². The van der Waals surface area contributed by atoms with Crippen LogP contribution in [0, 0.1) is 0 Å². The summed E-state index contributed by atoms with van der Waals surface area (Å²) < 4.78 is 2.04. The van der Waals surface area contributed by atoms with E-state index in [1.807, 2.05) is 13.2 Å². The largest absolute Gasteiger partial charge is 0.298 e. The number of carbonyl (C=O) groups excluding carboxylic acids is 1. The number of thiazole rings is 1. The van der Waals surface area contributed by atoms with Crippen LogP contribution in [0.4, 0.5) is 0 Å². The van der Waals surface area contributed by atoms with E-state index in [9.17, 15) is 4.79 Å². The summed E-state index contributed by atoms with van der Waals surface area (Å²) in [7, 11) is 0. The first-order valence-electron chi connectivity index (χ1n) is 4.57. The summed E-state index contributed by atoms with van der Waals surface area (Å²) in [6.07, 6.45) is 5.30. The predicted octanol–water partition coefficient (Wildman–Crippen LogP) is 2.79. The van der Waals surface area contributed by atoms with Crippen molar-refractivity contribution in [1.29, 1.82) is 0 Å². The van der Waals surface area contributed by atoms with Gasteiger partial charge in [-0.2, -0.15) is 0 Å². The van der Waals surface area contributed by atoms with Crippen molar-refractivity contribution in [2.24, 2.45) is 0 Å². The van der Waals surface area contributed by atoms with E-state index in [1.165, 1.54) is 0 Å². The van der Waals surface area contributed by atoms with Crippen LogP contribution in [0.2, 0.25) is 0 Å². The highest BCUT2D eigenvalue weighted by Crippen LogP contribution is 2.30. The van der Waals surface area contributed by atoms with Gasteiger partial charge in [-0.25, -0.2) is 9.97 Å². The van der Waals surface area contributed by atoms with Crippen LogP contribution in [0.3, 0.4) is 0 Å². The van der Waals surface area contributed by atoms with Gasteiger partial charge in [0.25, 0.3) is 0 Å². The molecular weight excluding hydrogens is 228 g/mol. The lowest BCUT2D eigenvalue weighted by atomic mass is 10.1. The van der Waals surface area contributed by atoms with Gasteiger partial charge in [-0.05, 0) is 18.2 Å². The topological polar surface area (TPSA) is 42.9 Å². The number of aromatic nitrogens is 2. The minimum Gasteiger partial charge on any atom is -0.298 e. The second-order valence-corrected chi connectivity index (χ2v) is 5.05. The van der Waals surface area contributed by atoms with Gasteiger partial charge in [-0.1, -0.05) is 18.7 Å². The zero-order chi connectivity index (χ0) is 10.8. The monoisotopic (exact) mass is 238 g/mol. The lowest BCUT2D eigenvalue weighted by Crippen LogP contribution is -1.92. The van der Waals surface area contributed by atoms with Gasteiger partial charge in [0.2, 0.25) is 0 Å². The molecule has 0 unspecified atom stereocenters. The van der Waals surface area contributed by atoms with Gasteiger partial charge in [0.05, 0.1) is 4.70 Å². The van der Waals surface area contributed by atoms with Gasteiger partial charge >= 0.3 is 0 Å². The van der Waals surface area contributed by atoms with E-state index in [0.717, 1.165) is 33.0 Å². The van der Waals surface area contributed by atoms with Crippen LogP contribution < -0.4 is 0 Å². The van der Waals surface area contributed by atoms with E-state index >= 15 is 0 Å². The molecule has 0 saturated heterocycles. The fourth-order valence-corrected chi connectivity index (χ4v) is 3.11. The van der Waals surface area contributed by atoms with E-state index in [1.54, 1.807) is 29.3 Å². The molecule has 0 aromatic carbocycles. The van der Waals surface area contributed by atoms with Crippen molar-refractivity contribution < 1.29 is 4.79 Å². The minimum atomic E-state index is 0.682. The maximum atomic E-state index is 10.8. The number of aryl methyl sites for hydroxylation is 1. The smallest absolute Gasteiger partial charge is 0.171 e. The Morgan fingerprint density at radius 2 is 2.40 bits per heavy atom. The van der Waals surface area contributed by atoms with Crippen LogP contribution in [0.1, 0.15) is 22.8 Å². The molecule has 2 aromatic rings. The molecule has 0 radical (unpaired) electrons. The quantitative estimate of drug-likeness (QED) is 0.609. The summed E-state index contributed by atoms with van der Waals surface area (Å²) in [4.78, 5) is 19.4. The van der Waals surface area contributed by atoms with Gasteiger partial charge in [0, 0.05) is 11.8 Å². The third-order valence-corrected chi connectivity index (χ3v) is 4.28. The Hall–Kier alpha value is -0.940. The first kappa shape index (κ1) is 10.6. The second-order valence-electron chi connectivity index (χ2n) is 3.00. The fourth-order valence-electron chi connectivity index (χ4n) is 1.47. The molecule has 2 aromatic heterocycles. The van der Waals surface area contributed by atoms with Crippen LogP contribution in [-0.2, 0) is 6.42 Å². The Labute approximate surface area is 95.9 Å². The summed E-state index contributed by atoms with van der Waals surface area (Å²) in [6, 6.07) is 0. The summed E-state index contributed by atoms with van der Waals surface area (Å²) in [5.41, 5.74) is 2.50. The maximum Gasteiger partial charge on any atom is 0.171 e. The molecule has 0 fully saturated rings. The lowest BCUT2D eigenvalue weighted by molar-refractivity contribution is 0.112. The van der Waals surface area contributed by atoms with E-state index < -0.39 is 0 Å². The predicted molar refractivity (Wildman–Crippen MR) is 64.0 cm³/mol. The Bertz CT molecular complexity index is 507. The number of hydrogen-bond donors (Lipinski definition) is 0. The highest BCUT2D eigenvalue weighted by molar-refractivity contribution is 8.00. The van der Waals surface area contributed by atoms with Crippen molar-refractivity contribution >= 4 is 39.7 Å². The molecule has 15 heavy (non-hydrogen) atoms. The molecule has 0 atom stereocenters. The number of thioether (sulfide) groups is 1. The van der Waals surface area contributed by atoms with Crippen molar-refractivity contribution in [2.45, 2.75) is 17.7 Å². The average molecular weight is 238 g/mol. The molecule has 0 saturated carbocycles. The second kappa shape index (κ2) is 4.28. The molecule has 0 N–H and O–H groups in total. The Balaban J connectivity index is 2.74. The highest BCUT2D eigenvalue weighted by atomic mass is 32.2. The van der Waals surface area contributed by atoms with Gasteiger partial charge in [0.15, 0.2) is 16.3 Å². The van der Waals surface area contributed by atoms with E-state index in [0.29, 0.717) is 5.56 Å². The summed E-state index contributed by atoms with van der Waals surface area (Å²) in [6.45, 7) is 2.04. The SMILES string of the molecule is CCc1c(C=O)cnc2nc(SC)sc12. The molecule has 0 bridgehead atoms. The molecule has 0 aliphatic heterocycles. The van der Waals surface area contributed by atoms with E-state index in [4.69, 9.17) is 0 Å². The lowest BCUT2D eigenvalue weighted by Gasteiger charge is -2.00. The molecular formula is C10H10N2OS2. The zero-order valence-corrected chi connectivity index (χ0v) is 10.1. The zero-order valence-electron chi connectivity index (χ0n) is 8.48. The molecule has 0 spiro atoms. The third-order valence-electron chi connectivity index (χ3n) is 2.19. The van der Waals surface area contributed by atoms with Crippen molar-refractivity contribution in [3.63, 3.8) is 0 Å². The van der Waals surface area contributed by atoms with E-state index in [2.05, 4.69) is 9.97 Å². The van der Waals surface area contributed by atoms with E-state index in [-0.39, 0.29) is 0 Å². The van der Waals surface area contributed by atoms with Crippen molar-refractivity contribution in [1.82, 2.24) is 9.97 Å². The maximum absolute atomic E-state index is 10.8. The third kappa shape index (κ3) is 1.77. The molecule has 78 valence electrons. The average Bonchev–Trinajstić information content (AvgIpc) is 2.70. The summed E-state index contributed by atoms with van der Waals surface area (Å²) >= 11 is 3.21. The van der Waals surface area contributed by atoms with Crippen LogP contribution in [0.25, 0.3) is 10.3 Å². The summed E-state index contributed by atoms with van der Waals surface area (Å²) in [5.74, 6) is 0.